The van der Waals surface area contributed by atoms with Crippen LogP contribution in [0.2, 0.25) is 0 Å². The molecule has 0 unspecified atom stereocenters. The molecule has 0 aromatic heterocycles. The highest BCUT2D eigenvalue weighted by atomic mass is 35.5. The molecule has 3 rings (SSSR count). The van der Waals surface area contributed by atoms with Crippen molar-refractivity contribution < 1.29 is 9.47 Å². The van der Waals surface area contributed by atoms with Crippen LogP contribution in [0.1, 0.15) is 17.5 Å². The SMILES string of the molecule is COc1ccccc1N1CCN(CCCOc2cccc(C)c2C)CC1.Cl. The lowest BCUT2D eigenvalue weighted by Gasteiger charge is -2.36. The van der Waals surface area contributed by atoms with Gasteiger partial charge in [-0.15, -0.1) is 12.4 Å². The van der Waals surface area contributed by atoms with Crippen LogP contribution in [0.25, 0.3) is 0 Å². The number of ether oxygens (including phenoxy) is 2. The maximum Gasteiger partial charge on any atom is 0.142 e. The number of benzene rings is 2. The molecule has 1 heterocycles. The molecule has 1 saturated heterocycles. The summed E-state index contributed by atoms with van der Waals surface area (Å²) in [4.78, 5) is 4.94. The monoisotopic (exact) mass is 390 g/mol. The summed E-state index contributed by atoms with van der Waals surface area (Å²) < 4.78 is 11.5. The van der Waals surface area contributed by atoms with Crippen LogP contribution in [0.15, 0.2) is 42.5 Å². The van der Waals surface area contributed by atoms with E-state index in [9.17, 15) is 0 Å². The van der Waals surface area contributed by atoms with Crippen LogP contribution in [0, 0.1) is 13.8 Å². The van der Waals surface area contributed by atoms with E-state index in [1.807, 2.05) is 12.1 Å². The largest absolute Gasteiger partial charge is 0.495 e. The third-order valence-corrected chi connectivity index (χ3v) is 5.23. The molecule has 0 bridgehead atoms. The molecule has 1 aliphatic rings. The van der Waals surface area contributed by atoms with Crippen molar-refractivity contribution in [2.45, 2.75) is 20.3 Å². The van der Waals surface area contributed by atoms with Gasteiger partial charge in [0.2, 0.25) is 0 Å². The number of anilines is 1. The number of halogens is 1. The lowest BCUT2D eigenvalue weighted by atomic mass is 10.1. The number of aryl methyl sites for hydroxylation is 1. The molecule has 148 valence electrons. The molecule has 0 radical (unpaired) electrons. The van der Waals surface area contributed by atoms with Gasteiger partial charge >= 0.3 is 0 Å². The minimum absolute atomic E-state index is 0. The molecule has 5 heteroatoms. The summed E-state index contributed by atoms with van der Waals surface area (Å²) in [6, 6.07) is 14.5. The molecule has 27 heavy (non-hydrogen) atoms. The molecule has 1 aliphatic heterocycles. The minimum atomic E-state index is 0. The van der Waals surface area contributed by atoms with Crippen LogP contribution in [0.4, 0.5) is 5.69 Å². The van der Waals surface area contributed by atoms with Gasteiger partial charge in [0.05, 0.1) is 19.4 Å². The number of rotatable bonds is 7. The number of hydrogen-bond acceptors (Lipinski definition) is 4. The second-order valence-corrected chi connectivity index (χ2v) is 6.90. The lowest BCUT2D eigenvalue weighted by Crippen LogP contribution is -2.46. The third-order valence-electron chi connectivity index (χ3n) is 5.23. The zero-order valence-electron chi connectivity index (χ0n) is 16.6. The Morgan fingerprint density at radius 3 is 2.33 bits per heavy atom. The summed E-state index contributed by atoms with van der Waals surface area (Å²) in [5.74, 6) is 1.98. The van der Waals surface area contributed by atoms with Crippen LogP contribution in [-0.4, -0.2) is 51.3 Å². The van der Waals surface area contributed by atoms with Crippen molar-refractivity contribution in [3.8, 4) is 11.5 Å². The Balaban J connectivity index is 0.00000261. The first-order valence-corrected chi connectivity index (χ1v) is 9.48. The Hall–Kier alpha value is -1.91. The fourth-order valence-corrected chi connectivity index (χ4v) is 3.45. The van der Waals surface area contributed by atoms with Crippen LogP contribution >= 0.6 is 12.4 Å². The first-order chi connectivity index (χ1) is 12.7. The quantitative estimate of drug-likeness (QED) is 0.657. The third kappa shape index (κ3) is 5.53. The maximum atomic E-state index is 5.98. The molecule has 2 aromatic carbocycles. The smallest absolute Gasteiger partial charge is 0.142 e. The Kier molecular flexibility index (Phi) is 8.26. The van der Waals surface area contributed by atoms with Crippen molar-refractivity contribution in [3.63, 3.8) is 0 Å². The Morgan fingerprint density at radius 1 is 0.889 bits per heavy atom. The fraction of sp³-hybridized carbons (Fsp3) is 0.455. The van der Waals surface area contributed by atoms with Crippen molar-refractivity contribution in [2.24, 2.45) is 0 Å². The van der Waals surface area contributed by atoms with Crippen LogP contribution in [0.3, 0.4) is 0 Å². The molecule has 1 fully saturated rings. The van der Waals surface area contributed by atoms with Gasteiger partial charge in [0, 0.05) is 32.7 Å². The van der Waals surface area contributed by atoms with E-state index in [-0.39, 0.29) is 12.4 Å². The molecule has 0 N–H and O–H groups in total. The van der Waals surface area contributed by atoms with Crippen molar-refractivity contribution in [1.29, 1.82) is 0 Å². The summed E-state index contributed by atoms with van der Waals surface area (Å²) in [6.07, 6.45) is 1.06. The van der Waals surface area contributed by atoms with E-state index in [4.69, 9.17) is 9.47 Å². The Labute approximate surface area is 169 Å². The highest BCUT2D eigenvalue weighted by Crippen LogP contribution is 2.28. The van der Waals surface area contributed by atoms with Crippen LogP contribution < -0.4 is 14.4 Å². The van der Waals surface area contributed by atoms with E-state index in [2.05, 4.69) is 54.0 Å². The number of para-hydroxylation sites is 2. The average Bonchev–Trinajstić information content (AvgIpc) is 2.69. The van der Waals surface area contributed by atoms with Gasteiger partial charge in [0.15, 0.2) is 0 Å². The molecule has 0 aliphatic carbocycles. The van der Waals surface area contributed by atoms with E-state index in [1.54, 1.807) is 7.11 Å². The zero-order valence-corrected chi connectivity index (χ0v) is 17.4. The van der Waals surface area contributed by atoms with Crippen molar-refractivity contribution in [2.75, 3.05) is 51.3 Å². The van der Waals surface area contributed by atoms with E-state index in [0.717, 1.165) is 57.3 Å². The molecule has 0 amide bonds. The molecule has 2 aromatic rings. The standard InChI is InChI=1S/C22H30N2O2.ClH/c1-18-8-6-11-21(19(18)2)26-17-7-12-23-13-15-24(16-14-23)20-9-4-5-10-22(20)25-3;/h4-6,8-11H,7,12-17H2,1-3H3;1H. The Bertz CT molecular complexity index is 715. The summed E-state index contributed by atoms with van der Waals surface area (Å²) >= 11 is 0. The van der Waals surface area contributed by atoms with E-state index in [0.29, 0.717) is 0 Å². The van der Waals surface area contributed by atoms with Crippen molar-refractivity contribution in [1.82, 2.24) is 4.90 Å². The molecule has 4 nitrogen and oxygen atoms in total. The summed E-state index contributed by atoms with van der Waals surface area (Å²) in [5, 5.41) is 0. The topological polar surface area (TPSA) is 24.9 Å². The highest BCUT2D eigenvalue weighted by Gasteiger charge is 2.19. The highest BCUT2D eigenvalue weighted by molar-refractivity contribution is 5.85. The van der Waals surface area contributed by atoms with Gasteiger partial charge in [-0.25, -0.2) is 0 Å². The van der Waals surface area contributed by atoms with Gasteiger partial charge in [-0.2, -0.15) is 0 Å². The van der Waals surface area contributed by atoms with Gasteiger partial charge in [0.1, 0.15) is 11.5 Å². The predicted molar refractivity (Wildman–Crippen MR) is 115 cm³/mol. The summed E-state index contributed by atoms with van der Waals surface area (Å²) in [5.41, 5.74) is 3.74. The first-order valence-electron chi connectivity index (χ1n) is 9.48. The van der Waals surface area contributed by atoms with Gasteiger partial charge in [-0.05, 0) is 49.6 Å². The second-order valence-electron chi connectivity index (χ2n) is 6.90. The number of piperazine rings is 1. The van der Waals surface area contributed by atoms with Crippen molar-refractivity contribution in [3.05, 3.63) is 53.6 Å². The van der Waals surface area contributed by atoms with E-state index < -0.39 is 0 Å². The number of nitrogens with zero attached hydrogens (tertiary/aromatic N) is 2. The Morgan fingerprint density at radius 2 is 1.59 bits per heavy atom. The predicted octanol–water partition coefficient (Wildman–Crippen LogP) is 4.32. The summed E-state index contributed by atoms with van der Waals surface area (Å²) in [7, 11) is 1.74. The van der Waals surface area contributed by atoms with E-state index >= 15 is 0 Å². The average molecular weight is 391 g/mol. The normalized spacial score (nSPS) is 14.6. The molecule has 0 saturated carbocycles. The summed E-state index contributed by atoms with van der Waals surface area (Å²) in [6.45, 7) is 10.4. The second kappa shape index (κ2) is 10.4. The van der Waals surface area contributed by atoms with Crippen LogP contribution in [-0.2, 0) is 0 Å². The molecule has 0 spiro atoms. The van der Waals surface area contributed by atoms with Gasteiger partial charge < -0.3 is 14.4 Å². The van der Waals surface area contributed by atoms with Gasteiger partial charge in [-0.1, -0.05) is 24.3 Å². The number of methoxy groups -OCH3 is 1. The minimum Gasteiger partial charge on any atom is -0.495 e. The molecule has 0 atom stereocenters. The molecular weight excluding hydrogens is 360 g/mol. The van der Waals surface area contributed by atoms with Crippen LogP contribution in [0.5, 0.6) is 11.5 Å². The fourth-order valence-electron chi connectivity index (χ4n) is 3.45. The van der Waals surface area contributed by atoms with E-state index in [1.165, 1.54) is 16.8 Å². The first kappa shape index (κ1) is 21.4. The van der Waals surface area contributed by atoms with Gasteiger partial charge in [-0.3, -0.25) is 4.90 Å². The lowest BCUT2D eigenvalue weighted by molar-refractivity contribution is 0.224. The maximum absolute atomic E-state index is 5.98. The van der Waals surface area contributed by atoms with Gasteiger partial charge in [0.25, 0.3) is 0 Å². The number of hydrogen-bond donors (Lipinski definition) is 0. The molecular formula is C22H31ClN2O2. The van der Waals surface area contributed by atoms with Crippen molar-refractivity contribution >= 4 is 18.1 Å². The zero-order chi connectivity index (χ0) is 18.4.